The van der Waals surface area contributed by atoms with Crippen LogP contribution in [0.4, 0.5) is 5.82 Å². The molecule has 0 aliphatic carbocycles. The molecule has 0 spiro atoms. The molecule has 0 saturated carbocycles. The molecule has 0 aliphatic heterocycles. The summed E-state index contributed by atoms with van der Waals surface area (Å²) in [5, 5.41) is 19.4. The standard InChI is InChI=1S/C21H20N8O4/c1-3-32-16-10-5-4-7-14(16)12-23-25-21(30)17-18(13-8-6-9-15(11-13)31-2)29(28-24-17)20-19(22)26-33-27-20/h4-12H,3H2,1-2H3,(H2,22,26)(H,25,30)/b23-12-. The average molecular weight is 448 g/mol. The SMILES string of the molecule is CCOc1ccccc1/C=N\NC(=O)c1nnn(-c2nonc2N)c1-c1cccc(OC)c1. The Kier molecular flexibility index (Phi) is 6.25. The number of nitrogen functional groups attached to an aromatic ring is 1. The second-order valence-corrected chi connectivity index (χ2v) is 6.57. The first-order valence-electron chi connectivity index (χ1n) is 9.86. The first-order chi connectivity index (χ1) is 16.1. The number of ether oxygens (including phenoxy) is 2. The van der Waals surface area contributed by atoms with E-state index in [9.17, 15) is 4.79 Å². The van der Waals surface area contributed by atoms with Crippen LogP contribution in [0.15, 0.2) is 58.3 Å². The molecule has 1 amide bonds. The van der Waals surface area contributed by atoms with Gasteiger partial charge in [-0.25, -0.2) is 10.1 Å². The van der Waals surface area contributed by atoms with Crippen molar-refractivity contribution in [3.8, 4) is 28.6 Å². The molecule has 12 heteroatoms. The zero-order valence-electron chi connectivity index (χ0n) is 17.8. The molecule has 0 unspecified atom stereocenters. The molecule has 0 aliphatic rings. The third-order valence-electron chi connectivity index (χ3n) is 4.51. The Balaban J connectivity index is 1.68. The molecular formula is C21H20N8O4. The van der Waals surface area contributed by atoms with Gasteiger partial charge in [0, 0.05) is 11.1 Å². The quantitative estimate of drug-likeness (QED) is 0.304. The fourth-order valence-corrected chi connectivity index (χ4v) is 3.04. The van der Waals surface area contributed by atoms with Crippen LogP contribution in [0.3, 0.4) is 0 Å². The second-order valence-electron chi connectivity index (χ2n) is 6.57. The van der Waals surface area contributed by atoms with Crippen LogP contribution in [-0.4, -0.2) is 51.1 Å². The Morgan fingerprint density at radius 3 is 2.85 bits per heavy atom. The summed E-state index contributed by atoms with van der Waals surface area (Å²) >= 11 is 0. The van der Waals surface area contributed by atoms with Gasteiger partial charge < -0.3 is 15.2 Å². The summed E-state index contributed by atoms with van der Waals surface area (Å²) in [7, 11) is 1.54. The zero-order valence-corrected chi connectivity index (χ0v) is 17.8. The van der Waals surface area contributed by atoms with E-state index in [1.807, 2.05) is 31.2 Å². The molecule has 0 radical (unpaired) electrons. The number of nitrogens with one attached hydrogen (secondary N) is 1. The molecule has 0 fully saturated rings. The number of carbonyl (C=O) groups is 1. The summed E-state index contributed by atoms with van der Waals surface area (Å²) < 4.78 is 16.8. The van der Waals surface area contributed by atoms with E-state index in [-0.39, 0.29) is 17.3 Å². The first-order valence-corrected chi connectivity index (χ1v) is 9.86. The van der Waals surface area contributed by atoms with Crippen LogP contribution in [0, 0.1) is 0 Å². The normalized spacial score (nSPS) is 11.0. The molecule has 33 heavy (non-hydrogen) atoms. The molecule has 0 saturated heterocycles. The number of nitrogens with two attached hydrogens (primary N) is 1. The van der Waals surface area contributed by atoms with Crippen LogP contribution < -0.4 is 20.6 Å². The number of nitrogens with zero attached hydrogens (tertiary/aromatic N) is 6. The van der Waals surface area contributed by atoms with Gasteiger partial charge in [-0.15, -0.1) is 5.10 Å². The van der Waals surface area contributed by atoms with Gasteiger partial charge >= 0.3 is 0 Å². The summed E-state index contributed by atoms with van der Waals surface area (Å²) in [5.41, 5.74) is 9.87. The number of rotatable bonds is 8. The van der Waals surface area contributed by atoms with E-state index in [2.05, 4.69) is 35.8 Å². The topological polar surface area (TPSA) is 156 Å². The van der Waals surface area contributed by atoms with Gasteiger partial charge in [0.2, 0.25) is 11.6 Å². The van der Waals surface area contributed by atoms with Crippen LogP contribution in [0.1, 0.15) is 23.0 Å². The van der Waals surface area contributed by atoms with Crippen molar-refractivity contribution in [2.75, 3.05) is 19.5 Å². The van der Waals surface area contributed by atoms with Crippen molar-refractivity contribution in [2.24, 2.45) is 5.10 Å². The van der Waals surface area contributed by atoms with Gasteiger partial charge in [-0.1, -0.05) is 29.5 Å². The van der Waals surface area contributed by atoms with Crippen LogP contribution in [0.25, 0.3) is 17.1 Å². The molecule has 4 aromatic rings. The van der Waals surface area contributed by atoms with Crippen molar-refractivity contribution in [1.82, 2.24) is 30.7 Å². The highest BCUT2D eigenvalue weighted by Gasteiger charge is 2.25. The zero-order chi connectivity index (χ0) is 23.2. The summed E-state index contributed by atoms with van der Waals surface area (Å²) in [5.74, 6) is 0.702. The Morgan fingerprint density at radius 2 is 2.09 bits per heavy atom. The van der Waals surface area contributed by atoms with Gasteiger partial charge in [0.1, 0.15) is 17.2 Å². The maximum absolute atomic E-state index is 13.0. The average Bonchev–Trinajstić information content (AvgIpc) is 3.46. The van der Waals surface area contributed by atoms with Crippen LogP contribution >= 0.6 is 0 Å². The Morgan fingerprint density at radius 1 is 1.24 bits per heavy atom. The van der Waals surface area contributed by atoms with Crippen LogP contribution in [0.2, 0.25) is 0 Å². The lowest BCUT2D eigenvalue weighted by molar-refractivity contribution is 0.0950. The van der Waals surface area contributed by atoms with E-state index < -0.39 is 5.91 Å². The molecule has 2 aromatic carbocycles. The van der Waals surface area contributed by atoms with Gasteiger partial charge in [-0.3, -0.25) is 4.79 Å². The number of methoxy groups -OCH3 is 1. The fourth-order valence-electron chi connectivity index (χ4n) is 3.04. The summed E-state index contributed by atoms with van der Waals surface area (Å²) in [4.78, 5) is 13.0. The number of hydrogen-bond acceptors (Lipinski definition) is 10. The number of hydrogen-bond donors (Lipinski definition) is 2. The number of benzene rings is 2. The molecule has 0 atom stereocenters. The molecular weight excluding hydrogens is 428 g/mol. The van der Waals surface area contributed by atoms with Crippen molar-refractivity contribution >= 4 is 17.9 Å². The van der Waals surface area contributed by atoms with E-state index >= 15 is 0 Å². The number of carbonyl (C=O) groups excluding carboxylic acids is 1. The van der Waals surface area contributed by atoms with Crippen molar-refractivity contribution in [3.63, 3.8) is 0 Å². The van der Waals surface area contributed by atoms with Gasteiger partial charge in [0.25, 0.3) is 5.91 Å². The monoisotopic (exact) mass is 448 g/mol. The predicted octanol–water partition coefficient (Wildman–Crippen LogP) is 2.07. The van der Waals surface area contributed by atoms with Crippen molar-refractivity contribution in [2.45, 2.75) is 6.92 Å². The van der Waals surface area contributed by atoms with Gasteiger partial charge in [0.05, 0.1) is 19.9 Å². The lowest BCUT2D eigenvalue weighted by Gasteiger charge is -2.08. The third kappa shape index (κ3) is 4.49. The predicted molar refractivity (Wildman–Crippen MR) is 118 cm³/mol. The molecule has 12 nitrogen and oxygen atoms in total. The van der Waals surface area contributed by atoms with Crippen molar-refractivity contribution in [3.05, 3.63) is 59.8 Å². The second kappa shape index (κ2) is 9.60. The highest BCUT2D eigenvalue weighted by Crippen LogP contribution is 2.29. The molecule has 2 heterocycles. The summed E-state index contributed by atoms with van der Waals surface area (Å²) in [6.07, 6.45) is 1.48. The Labute approximate surface area is 188 Å². The third-order valence-corrected chi connectivity index (χ3v) is 4.51. The minimum absolute atomic E-state index is 0.0124. The molecule has 4 rings (SSSR count). The highest BCUT2D eigenvalue weighted by molar-refractivity contribution is 5.99. The van der Waals surface area contributed by atoms with E-state index in [1.54, 1.807) is 24.3 Å². The minimum Gasteiger partial charge on any atom is -0.497 e. The van der Waals surface area contributed by atoms with E-state index in [4.69, 9.17) is 15.2 Å². The molecule has 168 valence electrons. The number of anilines is 1. The highest BCUT2D eigenvalue weighted by atomic mass is 16.6. The van der Waals surface area contributed by atoms with Crippen molar-refractivity contribution in [1.29, 1.82) is 0 Å². The van der Waals surface area contributed by atoms with Crippen molar-refractivity contribution < 1.29 is 18.9 Å². The minimum atomic E-state index is -0.598. The van der Waals surface area contributed by atoms with Gasteiger partial charge in [0.15, 0.2) is 5.69 Å². The van der Waals surface area contributed by atoms with Gasteiger partial charge in [-0.05, 0) is 41.5 Å². The number of para-hydroxylation sites is 1. The molecule has 3 N–H and O–H groups in total. The maximum atomic E-state index is 13.0. The number of aromatic nitrogens is 5. The Bertz CT molecular complexity index is 1300. The molecule has 2 aromatic heterocycles. The lowest BCUT2D eigenvalue weighted by atomic mass is 10.1. The largest absolute Gasteiger partial charge is 0.497 e. The van der Waals surface area contributed by atoms with Crippen LogP contribution in [-0.2, 0) is 0 Å². The van der Waals surface area contributed by atoms with E-state index in [0.717, 1.165) is 0 Å². The van der Waals surface area contributed by atoms with Gasteiger partial charge in [-0.2, -0.15) is 9.78 Å². The number of amides is 1. The summed E-state index contributed by atoms with van der Waals surface area (Å²) in [6.45, 7) is 2.39. The molecule has 0 bridgehead atoms. The lowest BCUT2D eigenvalue weighted by Crippen LogP contribution is -2.19. The summed E-state index contributed by atoms with van der Waals surface area (Å²) in [6, 6.07) is 14.3. The smallest absolute Gasteiger partial charge is 0.294 e. The van der Waals surface area contributed by atoms with E-state index in [1.165, 1.54) is 18.0 Å². The Hall–Kier alpha value is -4.74. The maximum Gasteiger partial charge on any atom is 0.294 e. The number of hydrazone groups is 1. The van der Waals surface area contributed by atoms with Crippen LogP contribution in [0.5, 0.6) is 11.5 Å². The first kappa shape index (κ1) is 21.5. The van der Waals surface area contributed by atoms with E-state index in [0.29, 0.717) is 34.9 Å². The fraction of sp³-hybridized carbons (Fsp3) is 0.143.